The Labute approximate surface area is 178 Å². The Kier molecular flexibility index (Phi) is 4.80. The number of aromatic nitrogens is 4. The fourth-order valence-electron chi connectivity index (χ4n) is 3.83. The maximum absolute atomic E-state index is 12.9. The van der Waals surface area contributed by atoms with Crippen LogP contribution in [0.2, 0.25) is 5.02 Å². The van der Waals surface area contributed by atoms with E-state index in [2.05, 4.69) is 30.8 Å². The Hall–Kier alpha value is -3.45. The Bertz CT molecular complexity index is 1200. The van der Waals surface area contributed by atoms with Crippen molar-refractivity contribution in [3.05, 3.63) is 78.0 Å². The monoisotopic (exact) mass is 418 g/mol. The zero-order chi connectivity index (χ0) is 20.5. The van der Waals surface area contributed by atoms with Crippen molar-refractivity contribution in [1.82, 2.24) is 19.5 Å². The molecule has 0 saturated carbocycles. The molecule has 5 rings (SSSR count). The minimum Gasteiger partial charge on any atom is -0.368 e. The van der Waals surface area contributed by atoms with Crippen LogP contribution in [-0.4, -0.2) is 51.6 Å². The summed E-state index contributed by atoms with van der Waals surface area (Å²) in [5.74, 6) is 0.692. The molecule has 0 N–H and O–H groups in total. The van der Waals surface area contributed by atoms with E-state index in [1.807, 2.05) is 24.3 Å². The van der Waals surface area contributed by atoms with E-state index >= 15 is 0 Å². The Morgan fingerprint density at radius 1 is 0.967 bits per heavy atom. The van der Waals surface area contributed by atoms with Gasteiger partial charge in [-0.15, -0.1) is 0 Å². The van der Waals surface area contributed by atoms with Gasteiger partial charge in [-0.3, -0.25) is 14.3 Å². The molecule has 0 aliphatic carbocycles. The number of carbonyl (C=O) groups excluding carboxylic acids is 1. The van der Waals surface area contributed by atoms with Gasteiger partial charge in [0, 0.05) is 55.5 Å². The van der Waals surface area contributed by atoms with Gasteiger partial charge in [-0.1, -0.05) is 17.7 Å². The van der Waals surface area contributed by atoms with E-state index in [9.17, 15) is 4.79 Å². The van der Waals surface area contributed by atoms with Crippen LogP contribution in [0.15, 0.2) is 67.4 Å². The normalized spacial score (nSPS) is 14.3. The first-order chi connectivity index (χ1) is 14.7. The summed E-state index contributed by atoms with van der Waals surface area (Å²) in [7, 11) is 0. The van der Waals surface area contributed by atoms with E-state index < -0.39 is 0 Å². The van der Waals surface area contributed by atoms with Crippen molar-refractivity contribution in [2.45, 2.75) is 0 Å². The standard InChI is InChI=1S/C22H19ClN6O/c23-17-4-1-5-18(13-17)27-9-11-28(12-10-27)20-19-6-8-29(21(19)26-15-25-20)22(30)16-3-2-7-24-14-16/h1-8,13-15H,9-12H2. The minimum absolute atomic E-state index is 0.159. The lowest BCUT2D eigenvalue weighted by atomic mass is 10.2. The van der Waals surface area contributed by atoms with Gasteiger partial charge in [-0.05, 0) is 36.4 Å². The molecule has 0 spiro atoms. The second-order valence-corrected chi connectivity index (χ2v) is 7.56. The molecular formula is C22H19ClN6O. The van der Waals surface area contributed by atoms with Gasteiger partial charge < -0.3 is 9.80 Å². The largest absolute Gasteiger partial charge is 0.368 e. The predicted molar refractivity (Wildman–Crippen MR) is 117 cm³/mol. The van der Waals surface area contributed by atoms with E-state index in [0.717, 1.165) is 48.1 Å². The van der Waals surface area contributed by atoms with Crippen molar-refractivity contribution in [3.63, 3.8) is 0 Å². The number of fused-ring (bicyclic) bond motifs is 1. The van der Waals surface area contributed by atoms with Gasteiger partial charge in [0.05, 0.1) is 10.9 Å². The number of hydrogen-bond donors (Lipinski definition) is 0. The van der Waals surface area contributed by atoms with Gasteiger partial charge >= 0.3 is 0 Å². The van der Waals surface area contributed by atoms with Crippen LogP contribution in [-0.2, 0) is 0 Å². The van der Waals surface area contributed by atoms with Crippen LogP contribution in [0.5, 0.6) is 0 Å². The van der Waals surface area contributed by atoms with Crippen molar-refractivity contribution >= 4 is 40.0 Å². The van der Waals surface area contributed by atoms with Crippen LogP contribution in [0, 0.1) is 0 Å². The lowest BCUT2D eigenvalue weighted by molar-refractivity contribution is 0.0964. The first-order valence-electron chi connectivity index (χ1n) is 9.73. The van der Waals surface area contributed by atoms with E-state index in [0.29, 0.717) is 11.2 Å². The fourth-order valence-corrected chi connectivity index (χ4v) is 4.02. The third kappa shape index (κ3) is 3.37. The molecule has 4 aromatic rings. The summed E-state index contributed by atoms with van der Waals surface area (Å²) in [6, 6.07) is 13.3. The molecule has 4 heterocycles. The van der Waals surface area contributed by atoms with E-state index in [4.69, 9.17) is 11.6 Å². The maximum atomic E-state index is 12.9. The SMILES string of the molecule is O=C(c1cccnc1)n1ccc2c(N3CCN(c4cccc(Cl)c4)CC3)ncnc21. The third-order valence-corrected chi connectivity index (χ3v) is 5.58. The summed E-state index contributed by atoms with van der Waals surface area (Å²) in [5, 5.41) is 1.61. The number of carbonyl (C=O) groups is 1. The van der Waals surface area contributed by atoms with Gasteiger partial charge in [-0.2, -0.15) is 0 Å². The van der Waals surface area contributed by atoms with E-state index in [1.165, 1.54) is 6.33 Å². The molecule has 7 nitrogen and oxygen atoms in total. The first kappa shape index (κ1) is 18.6. The second kappa shape index (κ2) is 7.76. The quantitative estimate of drug-likeness (QED) is 0.507. The van der Waals surface area contributed by atoms with Crippen LogP contribution in [0.1, 0.15) is 10.4 Å². The van der Waals surface area contributed by atoms with Gasteiger partial charge in [0.15, 0.2) is 5.65 Å². The number of benzene rings is 1. The van der Waals surface area contributed by atoms with Gasteiger partial charge in [0.2, 0.25) is 0 Å². The highest BCUT2D eigenvalue weighted by Crippen LogP contribution is 2.27. The molecule has 1 aliphatic rings. The Balaban J connectivity index is 1.40. The number of hydrogen-bond acceptors (Lipinski definition) is 6. The van der Waals surface area contributed by atoms with Crippen LogP contribution in [0.3, 0.4) is 0 Å². The third-order valence-electron chi connectivity index (χ3n) is 5.34. The van der Waals surface area contributed by atoms with Crippen LogP contribution >= 0.6 is 11.6 Å². The zero-order valence-corrected chi connectivity index (χ0v) is 16.9. The van der Waals surface area contributed by atoms with Gasteiger partial charge in [-0.25, -0.2) is 9.97 Å². The maximum Gasteiger partial charge on any atom is 0.265 e. The number of nitrogens with zero attached hydrogens (tertiary/aromatic N) is 6. The summed E-state index contributed by atoms with van der Waals surface area (Å²) >= 11 is 6.14. The number of rotatable bonds is 3. The molecule has 30 heavy (non-hydrogen) atoms. The second-order valence-electron chi connectivity index (χ2n) is 7.12. The summed E-state index contributed by atoms with van der Waals surface area (Å²) < 4.78 is 1.56. The molecule has 0 amide bonds. The molecule has 1 fully saturated rings. The lowest BCUT2D eigenvalue weighted by Gasteiger charge is -2.37. The van der Waals surface area contributed by atoms with Crippen molar-refractivity contribution in [3.8, 4) is 0 Å². The zero-order valence-electron chi connectivity index (χ0n) is 16.1. The average Bonchev–Trinajstić information content (AvgIpc) is 3.24. The Morgan fingerprint density at radius 3 is 2.57 bits per heavy atom. The smallest absolute Gasteiger partial charge is 0.265 e. The molecule has 0 unspecified atom stereocenters. The minimum atomic E-state index is -0.159. The summed E-state index contributed by atoms with van der Waals surface area (Å²) in [6.07, 6.45) is 6.48. The highest BCUT2D eigenvalue weighted by molar-refractivity contribution is 6.30. The molecule has 1 aromatic carbocycles. The number of anilines is 2. The molecule has 0 radical (unpaired) electrons. The lowest BCUT2D eigenvalue weighted by Crippen LogP contribution is -2.46. The van der Waals surface area contributed by atoms with Gasteiger partial charge in [0.1, 0.15) is 12.1 Å². The van der Waals surface area contributed by atoms with E-state index in [1.54, 1.807) is 35.3 Å². The van der Waals surface area contributed by atoms with Crippen LogP contribution in [0.4, 0.5) is 11.5 Å². The molecule has 150 valence electrons. The topological polar surface area (TPSA) is 67.2 Å². The molecule has 8 heteroatoms. The molecule has 1 aliphatic heterocycles. The molecule has 0 bridgehead atoms. The average molecular weight is 419 g/mol. The summed E-state index contributed by atoms with van der Waals surface area (Å²) in [6.45, 7) is 3.36. The van der Waals surface area contributed by atoms with Crippen molar-refractivity contribution in [2.75, 3.05) is 36.0 Å². The Morgan fingerprint density at radius 2 is 1.80 bits per heavy atom. The highest BCUT2D eigenvalue weighted by Gasteiger charge is 2.22. The summed E-state index contributed by atoms with van der Waals surface area (Å²) in [4.78, 5) is 30.4. The molecule has 3 aromatic heterocycles. The van der Waals surface area contributed by atoms with Crippen LogP contribution < -0.4 is 9.80 Å². The summed E-state index contributed by atoms with van der Waals surface area (Å²) in [5.41, 5.74) is 2.25. The molecule has 1 saturated heterocycles. The van der Waals surface area contributed by atoms with Crippen molar-refractivity contribution in [2.24, 2.45) is 0 Å². The fraction of sp³-hybridized carbons (Fsp3) is 0.182. The van der Waals surface area contributed by atoms with Crippen molar-refractivity contribution < 1.29 is 4.79 Å². The molecular weight excluding hydrogens is 400 g/mol. The number of piperazine rings is 1. The first-order valence-corrected chi connectivity index (χ1v) is 10.1. The predicted octanol–water partition coefficient (Wildman–Crippen LogP) is 3.49. The number of pyridine rings is 1. The highest BCUT2D eigenvalue weighted by atomic mass is 35.5. The van der Waals surface area contributed by atoms with Crippen molar-refractivity contribution in [1.29, 1.82) is 0 Å². The van der Waals surface area contributed by atoms with Gasteiger partial charge in [0.25, 0.3) is 5.91 Å². The van der Waals surface area contributed by atoms with Crippen LogP contribution in [0.25, 0.3) is 11.0 Å². The van der Waals surface area contributed by atoms with E-state index in [-0.39, 0.29) is 5.91 Å². The number of halogens is 1. The molecule has 0 atom stereocenters.